The Labute approximate surface area is 197 Å². The number of esters is 1. The summed E-state index contributed by atoms with van der Waals surface area (Å²) < 4.78 is 10.6. The number of carbonyl (C=O) groups excluding carboxylic acids is 4. The van der Waals surface area contributed by atoms with Crippen LogP contribution in [0.5, 0.6) is 0 Å². The number of aromatic nitrogens is 1. The third-order valence-corrected chi connectivity index (χ3v) is 6.32. The first kappa shape index (κ1) is 23.5. The van der Waals surface area contributed by atoms with Crippen LogP contribution in [-0.2, 0) is 25.5 Å². The van der Waals surface area contributed by atoms with Crippen molar-refractivity contribution in [3.05, 3.63) is 41.9 Å². The lowest BCUT2D eigenvalue weighted by molar-refractivity contribution is -0.150. The number of hydrogen-bond acceptors (Lipinski definition) is 7. The minimum atomic E-state index is -0.957. The maximum atomic E-state index is 12.8. The number of oxazole rings is 1. The van der Waals surface area contributed by atoms with Crippen LogP contribution >= 0.6 is 0 Å². The number of nitrogens with zero attached hydrogens (tertiary/aromatic N) is 2. The fourth-order valence-corrected chi connectivity index (χ4v) is 4.18. The molecular formula is C24H28N4O6. The van der Waals surface area contributed by atoms with Gasteiger partial charge in [-0.1, -0.05) is 36.8 Å². The molecule has 0 atom stereocenters. The molecule has 2 fully saturated rings. The molecule has 2 aliphatic rings. The number of urea groups is 1. The fraction of sp³-hybridized carbons (Fsp3) is 0.458. The van der Waals surface area contributed by atoms with Crippen LogP contribution in [0.1, 0.15) is 50.5 Å². The van der Waals surface area contributed by atoms with Gasteiger partial charge in [-0.2, -0.15) is 5.01 Å². The second kappa shape index (κ2) is 9.66. The van der Waals surface area contributed by atoms with Gasteiger partial charge in [-0.15, -0.1) is 0 Å². The standard InChI is InChI=1S/C24H28N4O6/c1-15-3-5-17(6-4-15)18-13-25-20(34-18)7-8-21(30)33-14-19(29)27-28-22(31)24(26-23(28)32)11-9-16(2)10-12-24/h3-6,13,16H,7-12,14H2,1-2H3,(H,26,32)(H,27,29). The SMILES string of the molecule is Cc1ccc(-c2cnc(CCC(=O)OCC(=O)NN3C(=O)NC4(CCC(C)CC4)C3=O)o2)cc1. The summed E-state index contributed by atoms with van der Waals surface area (Å²) in [5.41, 5.74) is 3.30. The third kappa shape index (κ3) is 5.11. The number of benzene rings is 1. The summed E-state index contributed by atoms with van der Waals surface area (Å²) in [6, 6.07) is 7.11. The van der Waals surface area contributed by atoms with Crippen molar-refractivity contribution in [1.29, 1.82) is 0 Å². The minimum absolute atomic E-state index is 0.0362. The van der Waals surface area contributed by atoms with Gasteiger partial charge in [-0.3, -0.25) is 19.8 Å². The first-order valence-corrected chi connectivity index (χ1v) is 11.4. The summed E-state index contributed by atoms with van der Waals surface area (Å²) >= 11 is 0. The molecule has 1 saturated heterocycles. The number of ether oxygens (including phenoxy) is 1. The normalized spacial score (nSPS) is 22.1. The summed E-state index contributed by atoms with van der Waals surface area (Å²) in [6.45, 7) is 3.49. The van der Waals surface area contributed by atoms with E-state index in [9.17, 15) is 19.2 Å². The van der Waals surface area contributed by atoms with E-state index in [1.807, 2.05) is 31.2 Å². The monoisotopic (exact) mass is 468 g/mol. The molecule has 2 N–H and O–H groups in total. The van der Waals surface area contributed by atoms with Crippen molar-refractivity contribution in [3.8, 4) is 11.3 Å². The molecule has 34 heavy (non-hydrogen) atoms. The van der Waals surface area contributed by atoms with Crippen molar-refractivity contribution in [2.45, 2.75) is 57.9 Å². The Bertz CT molecular complexity index is 1090. The molecule has 1 aliphatic heterocycles. The van der Waals surface area contributed by atoms with Crippen molar-refractivity contribution >= 4 is 23.8 Å². The van der Waals surface area contributed by atoms with Crippen LogP contribution in [-0.4, -0.2) is 46.0 Å². The van der Waals surface area contributed by atoms with E-state index in [-0.39, 0.29) is 12.8 Å². The molecule has 4 amide bonds. The topological polar surface area (TPSA) is 131 Å². The average molecular weight is 469 g/mol. The van der Waals surface area contributed by atoms with Gasteiger partial charge in [-0.05, 0) is 38.5 Å². The van der Waals surface area contributed by atoms with Crippen molar-refractivity contribution in [2.75, 3.05) is 6.61 Å². The quantitative estimate of drug-likeness (QED) is 0.472. The molecule has 180 valence electrons. The number of rotatable bonds is 7. The van der Waals surface area contributed by atoms with Gasteiger partial charge in [0.05, 0.1) is 12.6 Å². The fourth-order valence-electron chi connectivity index (χ4n) is 4.18. The second-order valence-electron chi connectivity index (χ2n) is 9.02. The van der Waals surface area contributed by atoms with Gasteiger partial charge >= 0.3 is 12.0 Å². The second-order valence-corrected chi connectivity index (χ2v) is 9.02. The number of imide groups is 1. The maximum Gasteiger partial charge on any atom is 0.344 e. The van der Waals surface area contributed by atoms with Crippen LogP contribution in [0.4, 0.5) is 4.79 Å². The van der Waals surface area contributed by atoms with Crippen LogP contribution < -0.4 is 10.7 Å². The Morgan fingerprint density at radius 2 is 1.94 bits per heavy atom. The lowest BCUT2D eigenvalue weighted by Gasteiger charge is -2.33. The summed E-state index contributed by atoms with van der Waals surface area (Å²) in [6.07, 6.45) is 4.48. The highest BCUT2D eigenvalue weighted by molar-refractivity contribution is 6.08. The first-order valence-electron chi connectivity index (χ1n) is 11.4. The molecule has 1 saturated carbocycles. The molecule has 0 radical (unpaired) electrons. The summed E-state index contributed by atoms with van der Waals surface area (Å²) in [4.78, 5) is 53.4. The van der Waals surface area contributed by atoms with Crippen LogP contribution in [0.25, 0.3) is 11.3 Å². The van der Waals surface area contributed by atoms with Crippen molar-refractivity contribution < 1.29 is 28.3 Å². The van der Waals surface area contributed by atoms with Gasteiger partial charge in [-0.25, -0.2) is 9.78 Å². The highest BCUT2D eigenvalue weighted by atomic mass is 16.5. The number of carbonyl (C=O) groups is 4. The molecule has 2 aromatic rings. The molecule has 1 aromatic carbocycles. The van der Waals surface area contributed by atoms with E-state index in [1.165, 1.54) is 0 Å². The number of hydrogen-bond donors (Lipinski definition) is 2. The molecule has 2 heterocycles. The maximum absolute atomic E-state index is 12.8. The summed E-state index contributed by atoms with van der Waals surface area (Å²) in [5.74, 6) is -0.401. The highest BCUT2D eigenvalue weighted by Crippen LogP contribution is 2.35. The number of aryl methyl sites for hydroxylation is 2. The van der Waals surface area contributed by atoms with E-state index in [4.69, 9.17) is 9.15 Å². The summed E-state index contributed by atoms with van der Waals surface area (Å²) in [5, 5.41) is 3.40. The smallest absolute Gasteiger partial charge is 0.344 e. The Kier molecular flexibility index (Phi) is 6.67. The Hall–Kier alpha value is -3.69. The van der Waals surface area contributed by atoms with Crippen molar-refractivity contribution in [2.24, 2.45) is 5.92 Å². The van der Waals surface area contributed by atoms with Gasteiger partial charge in [0.2, 0.25) is 0 Å². The number of nitrogens with one attached hydrogen (secondary N) is 2. The Morgan fingerprint density at radius 3 is 2.65 bits per heavy atom. The average Bonchev–Trinajstić information content (AvgIpc) is 3.38. The zero-order chi connectivity index (χ0) is 24.3. The Morgan fingerprint density at radius 1 is 1.24 bits per heavy atom. The lowest BCUT2D eigenvalue weighted by atomic mass is 9.77. The molecule has 1 aliphatic carbocycles. The highest BCUT2D eigenvalue weighted by Gasteiger charge is 2.52. The van der Waals surface area contributed by atoms with E-state index in [2.05, 4.69) is 22.7 Å². The van der Waals surface area contributed by atoms with Crippen LogP contribution in [0.2, 0.25) is 0 Å². The van der Waals surface area contributed by atoms with Crippen LogP contribution in [0.15, 0.2) is 34.9 Å². The third-order valence-electron chi connectivity index (χ3n) is 6.32. The van der Waals surface area contributed by atoms with Gasteiger partial charge in [0.15, 0.2) is 18.3 Å². The summed E-state index contributed by atoms with van der Waals surface area (Å²) in [7, 11) is 0. The minimum Gasteiger partial charge on any atom is -0.455 e. The zero-order valence-corrected chi connectivity index (χ0v) is 19.3. The van der Waals surface area contributed by atoms with E-state index in [0.29, 0.717) is 35.4 Å². The van der Waals surface area contributed by atoms with Gasteiger partial charge in [0, 0.05) is 12.0 Å². The lowest BCUT2D eigenvalue weighted by Crippen LogP contribution is -2.52. The van der Waals surface area contributed by atoms with Gasteiger partial charge in [0.1, 0.15) is 5.54 Å². The largest absolute Gasteiger partial charge is 0.455 e. The van der Waals surface area contributed by atoms with E-state index in [0.717, 1.165) is 24.0 Å². The van der Waals surface area contributed by atoms with Gasteiger partial charge < -0.3 is 14.5 Å². The Balaban J connectivity index is 1.21. The number of amides is 4. The molecule has 0 bridgehead atoms. The van der Waals surface area contributed by atoms with E-state index < -0.39 is 36.0 Å². The van der Waals surface area contributed by atoms with Crippen LogP contribution in [0.3, 0.4) is 0 Å². The number of hydrazine groups is 1. The molecule has 1 aromatic heterocycles. The molecule has 1 spiro atoms. The molecule has 4 rings (SSSR count). The van der Waals surface area contributed by atoms with Gasteiger partial charge in [0.25, 0.3) is 11.8 Å². The first-order chi connectivity index (χ1) is 16.3. The van der Waals surface area contributed by atoms with E-state index >= 15 is 0 Å². The van der Waals surface area contributed by atoms with Crippen molar-refractivity contribution in [3.63, 3.8) is 0 Å². The van der Waals surface area contributed by atoms with Crippen molar-refractivity contribution in [1.82, 2.24) is 20.7 Å². The van der Waals surface area contributed by atoms with Crippen LogP contribution in [0, 0.1) is 12.8 Å². The zero-order valence-electron chi connectivity index (χ0n) is 19.3. The van der Waals surface area contributed by atoms with E-state index in [1.54, 1.807) is 6.20 Å². The molecular weight excluding hydrogens is 440 g/mol. The molecule has 10 heteroatoms. The molecule has 10 nitrogen and oxygen atoms in total. The predicted molar refractivity (Wildman–Crippen MR) is 120 cm³/mol. The predicted octanol–water partition coefficient (Wildman–Crippen LogP) is 2.66. The molecule has 0 unspecified atom stereocenters.